The normalized spacial score (nSPS) is 21.9. The Bertz CT molecular complexity index is 503. The van der Waals surface area contributed by atoms with E-state index in [4.69, 9.17) is 14.6 Å². The first-order chi connectivity index (χ1) is 9.95. The van der Waals surface area contributed by atoms with Crippen molar-refractivity contribution >= 4 is 11.9 Å². The minimum absolute atomic E-state index is 0.0227. The fourth-order valence-electron chi connectivity index (χ4n) is 2.28. The van der Waals surface area contributed by atoms with Crippen molar-refractivity contribution in [3.05, 3.63) is 29.8 Å². The molecule has 0 radical (unpaired) electrons. The first-order valence-corrected chi connectivity index (χ1v) is 6.85. The van der Waals surface area contributed by atoms with Crippen LogP contribution in [0.5, 0.6) is 5.75 Å². The second-order valence-corrected chi connectivity index (χ2v) is 5.18. The molecule has 0 bridgehead atoms. The number of hydrogen-bond acceptors (Lipinski definition) is 5. The van der Waals surface area contributed by atoms with E-state index < -0.39 is 5.97 Å². The average molecular weight is 293 g/mol. The Kier molecular flexibility index (Phi) is 4.80. The molecule has 21 heavy (non-hydrogen) atoms. The quantitative estimate of drug-likeness (QED) is 0.847. The SMILES string of the molecule is C[C@H]1CN(C(=O)COC(=O)c2ccc(O)cc2)C[C@H](C)O1. The molecule has 0 aliphatic carbocycles. The third-order valence-corrected chi connectivity index (χ3v) is 3.20. The van der Waals surface area contributed by atoms with E-state index >= 15 is 0 Å². The fourth-order valence-corrected chi connectivity index (χ4v) is 2.28. The second-order valence-electron chi connectivity index (χ2n) is 5.18. The molecule has 1 aromatic carbocycles. The highest BCUT2D eigenvalue weighted by Gasteiger charge is 2.26. The zero-order valence-electron chi connectivity index (χ0n) is 12.1. The number of aromatic hydroxyl groups is 1. The molecule has 1 heterocycles. The Hall–Kier alpha value is -2.08. The fraction of sp³-hybridized carbons (Fsp3) is 0.467. The van der Waals surface area contributed by atoms with Gasteiger partial charge in [-0.25, -0.2) is 4.79 Å². The molecule has 1 aliphatic heterocycles. The summed E-state index contributed by atoms with van der Waals surface area (Å²) in [4.78, 5) is 25.4. The molecule has 1 fully saturated rings. The number of hydrogen-bond donors (Lipinski definition) is 1. The Morgan fingerprint density at radius 1 is 1.24 bits per heavy atom. The molecular formula is C15H19NO5. The average Bonchev–Trinajstić information content (AvgIpc) is 2.44. The summed E-state index contributed by atoms with van der Waals surface area (Å²) in [7, 11) is 0. The highest BCUT2D eigenvalue weighted by atomic mass is 16.5. The summed E-state index contributed by atoms with van der Waals surface area (Å²) in [6.45, 7) is 4.51. The molecule has 0 aromatic heterocycles. The molecular weight excluding hydrogens is 274 g/mol. The third-order valence-electron chi connectivity index (χ3n) is 3.20. The number of nitrogens with zero attached hydrogens (tertiary/aromatic N) is 1. The minimum Gasteiger partial charge on any atom is -0.508 e. The minimum atomic E-state index is -0.585. The molecule has 1 amide bonds. The Morgan fingerprint density at radius 3 is 2.38 bits per heavy atom. The predicted molar refractivity (Wildman–Crippen MR) is 75.0 cm³/mol. The topological polar surface area (TPSA) is 76.1 Å². The smallest absolute Gasteiger partial charge is 0.338 e. The number of benzene rings is 1. The lowest BCUT2D eigenvalue weighted by atomic mass is 10.2. The molecule has 0 spiro atoms. The van der Waals surface area contributed by atoms with Gasteiger partial charge in [-0.3, -0.25) is 4.79 Å². The number of carbonyl (C=O) groups is 2. The molecule has 114 valence electrons. The number of phenolic OH excluding ortho intramolecular Hbond substituents is 1. The van der Waals surface area contributed by atoms with Gasteiger partial charge < -0.3 is 19.5 Å². The Balaban J connectivity index is 1.86. The molecule has 1 N–H and O–H groups in total. The number of esters is 1. The maximum atomic E-state index is 12.0. The summed E-state index contributed by atoms with van der Waals surface area (Å²) >= 11 is 0. The largest absolute Gasteiger partial charge is 0.508 e. The summed E-state index contributed by atoms with van der Waals surface area (Å²) in [6, 6.07) is 5.68. The summed E-state index contributed by atoms with van der Waals surface area (Å²) in [6.07, 6.45) is -0.0454. The highest BCUT2D eigenvalue weighted by molar-refractivity contribution is 5.91. The van der Waals surface area contributed by atoms with Gasteiger partial charge in [0.05, 0.1) is 17.8 Å². The molecule has 1 aliphatic rings. The number of ether oxygens (including phenoxy) is 2. The first-order valence-electron chi connectivity index (χ1n) is 6.85. The van der Waals surface area contributed by atoms with E-state index in [-0.39, 0.29) is 30.5 Å². The van der Waals surface area contributed by atoms with Crippen LogP contribution in [0.1, 0.15) is 24.2 Å². The van der Waals surface area contributed by atoms with Gasteiger partial charge in [-0.05, 0) is 38.1 Å². The zero-order valence-corrected chi connectivity index (χ0v) is 12.1. The van der Waals surface area contributed by atoms with Crippen LogP contribution >= 0.6 is 0 Å². The Labute approximate surface area is 123 Å². The van der Waals surface area contributed by atoms with Crippen molar-refractivity contribution in [1.29, 1.82) is 0 Å². The summed E-state index contributed by atoms with van der Waals surface area (Å²) in [5.41, 5.74) is 0.296. The molecule has 1 aromatic rings. The van der Waals surface area contributed by atoms with E-state index in [2.05, 4.69) is 0 Å². The lowest BCUT2D eigenvalue weighted by molar-refractivity contribution is -0.146. The third kappa shape index (κ3) is 4.19. The van der Waals surface area contributed by atoms with Gasteiger partial charge in [0.1, 0.15) is 5.75 Å². The molecule has 0 unspecified atom stereocenters. The van der Waals surface area contributed by atoms with Crippen LogP contribution in [0, 0.1) is 0 Å². The van der Waals surface area contributed by atoms with Gasteiger partial charge in [0.2, 0.25) is 0 Å². The van der Waals surface area contributed by atoms with Crippen LogP contribution < -0.4 is 0 Å². The van der Waals surface area contributed by atoms with E-state index in [1.807, 2.05) is 13.8 Å². The summed E-state index contributed by atoms with van der Waals surface area (Å²) < 4.78 is 10.5. The van der Waals surface area contributed by atoms with Gasteiger partial charge in [-0.1, -0.05) is 0 Å². The van der Waals surface area contributed by atoms with Crippen LogP contribution in [0.2, 0.25) is 0 Å². The van der Waals surface area contributed by atoms with Crippen LogP contribution in [0.3, 0.4) is 0 Å². The number of rotatable bonds is 3. The van der Waals surface area contributed by atoms with Gasteiger partial charge in [-0.2, -0.15) is 0 Å². The van der Waals surface area contributed by atoms with Crippen molar-refractivity contribution in [2.45, 2.75) is 26.1 Å². The van der Waals surface area contributed by atoms with Gasteiger partial charge in [0.25, 0.3) is 5.91 Å². The number of morpholine rings is 1. The van der Waals surface area contributed by atoms with Crippen molar-refractivity contribution in [1.82, 2.24) is 4.90 Å². The van der Waals surface area contributed by atoms with Crippen molar-refractivity contribution in [2.24, 2.45) is 0 Å². The van der Waals surface area contributed by atoms with Crippen LogP contribution in [-0.4, -0.2) is 53.8 Å². The molecule has 6 heteroatoms. The lowest BCUT2D eigenvalue weighted by Gasteiger charge is -2.35. The molecule has 1 saturated heterocycles. The van der Waals surface area contributed by atoms with Gasteiger partial charge in [-0.15, -0.1) is 0 Å². The zero-order chi connectivity index (χ0) is 15.4. The van der Waals surface area contributed by atoms with Crippen molar-refractivity contribution in [3.63, 3.8) is 0 Å². The van der Waals surface area contributed by atoms with E-state index in [1.54, 1.807) is 4.90 Å². The van der Waals surface area contributed by atoms with Crippen LogP contribution in [0.15, 0.2) is 24.3 Å². The second kappa shape index (κ2) is 6.58. The van der Waals surface area contributed by atoms with Crippen molar-refractivity contribution in [3.8, 4) is 5.75 Å². The van der Waals surface area contributed by atoms with Crippen LogP contribution in [0.4, 0.5) is 0 Å². The predicted octanol–water partition coefficient (Wildman–Crippen LogP) is 1.18. The maximum Gasteiger partial charge on any atom is 0.338 e. The van der Waals surface area contributed by atoms with Gasteiger partial charge in [0.15, 0.2) is 6.61 Å². The summed E-state index contributed by atoms with van der Waals surface area (Å²) in [5, 5.41) is 9.15. The molecule has 2 rings (SSSR count). The van der Waals surface area contributed by atoms with E-state index in [1.165, 1.54) is 24.3 Å². The first kappa shape index (κ1) is 15.3. The standard InChI is InChI=1S/C15H19NO5/c1-10-7-16(8-11(2)21-10)14(18)9-20-15(19)12-3-5-13(17)6-4-12/h3-6,10-11,17H,7-9H2,1-2H3/t10-,11-/m0/s1. The van der Waals surface area contributed by atoms with Crippen LogP contribution in [0.25, 0.3) is 0 Å². The maximum absolute atomic E-state index is 12.0. The van der Waals surface area contributed by atoms with E-state index in [9.17, 15) is 9.59 Å². The number of phenols is 1. The lowest BCUT2D eigenvalue weighted by Crippen LogP contribution is -2.49. The van der Waals surface area contributed by atoms with Gasteiger partial charge in [0, 0.05) is 13.1 Å². The molecule has 2 atom stereocenters. The Morgan fingerprint density at radius 2 is 1.81 bits per heavy atom. The van der Waals surface area contributed by atoms with E-state index in [0.29, 0.717) is 18.7 Å². The van der Waals surface area contributed by atoms with Crippen molar-refractivity contribution in [2.75, 3.05) is 19.7 Å². The molecule has 0 saturated carbocycles. The molecule has 6 nitrogen and oxygen atoms in total. The summed E-state index contributed by atoms with van der Waals surface area (Å²) in [5.74, 6) is -0.749. The van der Waals surface area contributed by atoms with Crippen LogP contribution in [-0.2, 0) is 14.3 Å². The van der Waals surface area contributed by atoms with Crippen molar-refractivity contribution < 1.29 is 24.2 Å². The van der Waals surface area contributed by atoms with E-state index in [0.717, 1.165) is 0 Å². The number of carbonyl (C=O) groups excluding carboxylic acids is 2. The highest BCUT2D eigenvalue weighted by Crippen LogP contribution is 2.12. The van der Waals surface area contributed by atoms with Gasteiger partial charge >= 0.3 is 5.97 Å². The number of amides is 1. The monoisotopic (exact) mass is 293 g/mol.